The van der Waals surface area contributed by atoms with E-state index in [1.807, 2.05) is 19.9 Å². The third-order valence-electron chi connectivity index (χ3n) is 2.93. The number of nitriles is 1. The normalized spacial score (nSPS) is 14.0. The molecule has 0 amide bonds. The number of aryl methyl sites for hydroxylation is 1. The van der Waals surface area contributed by atoms with Crippen molar-refractivity contribution in [1.82, 2.24) is 4.57 Å². The van der Waals surface area contributed by atoms with Crippen molar-refractivity contribution < 1.29 is 0 Å². The summed E-state index contributed by atoms with van der Waals surface area (Å²) in [6.45, 7) is 3.97. The highest BCUT2D eigenvalue weighted by atomic mass is 16.1. The topological polar surface area (TPSA) is 45.8 Å². The summed E-state index contributed by atoms with van der Waals surface area (Å²) in [4.78, 5) is 11.9. The van der Waals surface area contributed by atoms with Crippen LogP contribution in [0.2, 0.25) is 0 Å². The quantitative estimate of drug-likeness (QED) is 0.697. The first kappa shape index (κ1) is 9.97. The van der Waals surface area contributed by atoms with Gasteiger partial charge >= 0.3 is 0 Å². The predicted octanol–water partition coefficient (Wildman–Crippen LogP) is 1.79. The average Bonchev–Trinajstić information content (AvgIpc) is 2.63. The molecule has 3 heteroatoms. The minimum absolute atomic E-state index is 0.131. The molecule has 0 fully saturated rings. The van der Waals surface area contributed by atoms with Gasteiger partial charge in [-0.25, -0.2) is 0 Å². The lowest BCUT2D eigenvalue weighted by Gasteiger charge is -2.15. The molecule has 3 nitrogen and oxygen atoms in total. The molecule has 1 aromatic rings. The predicted molar refractivity (Wildman–Crippen MR) is 57.8 cm³/mol. The summed E-state index contributed by atoms with van der Waals surface area (Å²) in [5.74, 6) is 0. The average molecular weight is 202 g/mol. The van der Waals surface area contributed by atoms with Crippen LogP contribution in [-0.4, -0.2) is 4.57 Å². The van der Waals surface area contributed by atoms with Crippen molar-refractivity contribution in [3.8, 4) is 6.07 Å². The molecule has 0 bridgehead atoms. The maximum atomic E-state index is 11.9. The van der Waals surface area contributed by atoms with E-state index < -0.39 is 0 Å². The van der Waals surface area contributed by atoms with Crippen LogP contribution in [0.1, 0.15) is 43.1 Å². The smallest absolute Gasteiger partial charge is 0.268 e. The van der Waals surface area contributed by atoms with Gasteiger partial charge in [-0.05, 0) is 44.7 Å². The van der Waals surface area contributed by atoms with Crippen molar-refractivity contribution in [2.75, 3.05) is 0 Å². The van der Waals surface area contributed by atoms with Crippen LogP contribution in [0.25, 0.3) is 0 Å². The number of rotatable bonds is 1. The van der Waals surface area contributed by atoms with Gasteiger partial charge in [-0.1, -0.05) is 0 Å². The molecule has 0 aliphatic heterocycles. The third kappa shape index (κ3) is 1.46. The summed E-state index contributed by atoms with van der Waals surface area (Å²) >= 11 is 0. The Kier molecular flexibility index (Phi) is 2.36. The fourth-order valence-corrected chi connectivity index (χ4v) is 2.30. The van der Waals surface area contributed by atoms with Gasteiger partial charge in [-0.3, -0.25) is 4.79 Å². The van der Waals surface area contributed by atoms with E-state index in [0.29, 0.717) is 0 Å². The monoisotopic (exact) mass is 202 g/mol. The highest BCUT2D eigenvalue weighted by molar-refractivity contribution is 5.36. The van der Waals surface area contributed by atoms with Gasteiger partial charge in [0.1, 0.15) is 11.6 Å². The Bertz CT molecular complexity index is 492. The molecule has 0 saturated heterocycles. The van der Waals surface area contributed by atoms with Crippen LogP contribution >= 0.6 is 0 Å². The van der Waals surface area contributed by atoms with Gasteiger partial charge < -0.3 is 4.57 Å². The van der Waals surface area contributed by atoms with Gasteiger partial charge in [-0.15, -0.1) is 0 Å². The van der Waals surface area contributed by atoms with Crippen molar-refractivity contribution in [2.45, 2.75) is 39.2 Å². The SMILES string of the molecule is CC(C)n1c2c(cc(C#N)c1=O)CCC2. The maximum absolute atomic E-state index is 11.9. The molecule has 78 valence electrons. The van der Waals surface area contributed by atoms with Gasteiger partial charge in [0.2, 0.25) is 0 Å². The summed E-state index contributed by atoms with van der Waals surface area (Å²) < 4.78 is 1.78. The van der Waals surface area contributed by atoms with Gasteiger partial charge in [-0.2, -0.15) is 5.26 Å². The standard InChI is InChI=1S/C12H14N2O/c1-8(2)14-11-5-3-4-9(11)6-10(7-13)12(14)15/h6,8H,3-5H2,1-2H3. The molecular weight excluding hydrogens is 188 g/mol. The van der Waals surface area contributed by atoms with Gasteiger partial charge in [0.25, 0.3) is 5.56 Å². The molecule has 1 heterocycles. The fraction of sp³-hybridized carbons (Fsp3) is 0.500. The Morgan fingerprint density at radius 2 is 2.20 bits per heavy atom. The van der Waals surface area contributed by atoms with E-state index in [2.05, 4.69) is 0 Å². The Balaban J connectivity index is 2.77. The zero-order chi connectivity index (χ0) is 11.0. The van der Waals surface area contributed by atoms with Crippen molar-refractivity contribution in [3.63, 3.8) is 0 Å². The van der Waals surface area contributed by atoms with Crippen molar-refractivity contribution in [2.24, 2.45) is 0 Å². The minimum Gasteiger partial charge on any atom is -0.309 e. The second kappa shape index (κ2) is 3.54. The number of nitrogens with zero attached hydrogens (tertiary/aromatic N) is 2. The first-order valence-electron chi connectivity index (χ1n) is 5.32. The molecule has 0 spiro atoms. The van der Waals surface area contributed by atoms with Crippen LogP contribution in [0.4, 0.5) is 0 Å². The van der Waals surface area contributed by atoms with E-state index in [9.17, 15) is 4.79 Å². The Morgan fingerprint density at radius 1 is 1.47 bits per heavy atom. The Labute approximate surface area is 89.0 Å². The summed E-state index contributed by atoms with van der Waals surface area (Å²) in [6, 6.07) is 3.89. The number of hydrogen-bond acceptors (Lipinski definition) is 2. The Hall–Kier alpha value is -1.56. The van der Waals surface area contributed by atoms with Crippen LogP contribution in [0.15, 0.2) is 10.9 Å². The number of aromatic nitrogens is 1. The zero-order valence-corrected chi connectivity index (χ0v) is 9.08. The zero-order valence-electron chi connectivity index (χ0n) is 9.08. The molecule has 0 unspecified atom stereocenters. The number of pyridine rings is 1. The van der Waals surface area contributed by atoms with Crippen LogP contribution in [0.5, 0.6) is 0 Å². The lowest BCUT2D eigenvalue weighted by atomic mass is 10.1. The molecule has 15 heavy (non-hydrogen) atoms. The number of hydrogen-bond donors (Lipinski definition) is 0. The molecule has 1 aliphatic rings. The minimum atomic E-state index is -0.131. The van der Waals surface area contributed by atoms with Crippen LogP contribution in [-0.2, 0) is 12.8 Å². The van der Waals surface area contributed by atoms with Gasteiger partial charge in [0.05, 0.1) is 0 Å². The molecule has 0 N–H and O–H groups in total. The first-order chi connectivity index (χ1) is 7.15. The van der Waals surface area contributed by atoms with Crippen LogP contribution in [0, 0.1) is 11.3 Å². The van der Waals surface area contributed by atoms with E-state index >= 15 is 0 Å². The largest absolute Gasteiger partial charge is 0.309 e. The molecule has 0 aromatic carbocycles. The summed E-state index contributed by atoms with van der Waals surface area (Å²) in [5, 5.41) is 8.89. The highest BCUT2D eigenvalue weighted by Gasteiger charge is 2.20. The Morgan fingerprint density at radius 3 is 2.80 bits per heavy atom. The van der Waals surface area contributed by atoms with Gasteiger partial charge in [0.15, 0.2) is 0 Å². The molecule has 0 atom stereocenters. The third-order valence-corrected chi connectivity index (χ3v) is 2.93. The molecular formula is C12H14N2O. The van der Waals surface area contributed by atoms with E-state index in [-0.39, 0.29) is 17.2 Å². The van der Waals surface area contributed by atoms with E-state index in [4.69, 9.17) is 5.26 Å². The molecule has 1 aliphatic carbocycles. The molecule has 0 saturated carbocycles. The van der Waals surface area contributed by atoms with E-state index in [1.165, 1.54) is 5.56 Å². The van der Waals surface area contributed by atoms with Crippen molar-refractivity contribution in [3.05, 3.63) is 33.2 Å². The number of fused-ring (bicyclic) bond motifs is 1. The second-order valence-electron chi connectivity index (χ2n) is 4.26. The van der Waals surface area contributed by atoms with Crippen LogP contribution < -0.4 is 5.56 Å². The lowest BCUT2D eigenvalue weighted by Crippen LogP contribution is -2.27. The maximum Gasteiger partial charge on any atom is 0.268 e. The molecule has 0 radical (unpaired) electrons. The summed E-state index contributed by atoms with van der Waals surface area (Å²) in [7, 11) is 0. The first-order valence-corrected chi connectivity index (χ1v) is 5.32. The van der Waals surface area contributed by atoms with E-state index in [0.717, 1.165) is 25.0 Å². The second-order valence-corrected chi connectivity index (χ2v) is 4.26. The fourth-order valence-electron chi connectivity index (χ4n) is 2.30. The molecule has 2 rings (SSSR count). The van der Waals surface area contributed by atoms with Gasteiger partial charge in [0, 0.05) is 11.7 Å². The summed E-state index contributed by atoms with van der Waals surface area (Å²) in [5.41, 5.74) is 2.46. The highest BCUT2D eigenvalue weighted by Crippen LogP contribution is 2.23. The molecule has 1 aromatic heterocycles. The summed E-state index contributed by atoms with van der Waals surface area (Å²) in [6.07, 6.45) is 3.06. The lowest BCUT2D eigenvalue weighted by molar-refractivity contribution is 0.553. The van der Waals surface area contributed by atoms with Crippen molar-refractivity contribution >= 4 is 0 Å². The van der Waals surface area contributed by atoms with Crippen LogP contribution in [0.3, 0.4) is 0 Å². The van der Waals surface area contributed by atoms with E-state index in [1.54, 1.807) is 10.6 Å². The van der Waals surface area contributed by atoms with Crippen molar-refractivity contribution in [1.29, 1.82) is 5.26 Å².